The standard InChI is InChI=1S/C31H34ClF2N5O2/c1-36(2)13-14-39(20-40)29-4-3-21(15-28(29)32)26-17-24(34)18-27(31(26)41)22-5-9-35-30(16-22)38-12-8-25(19-38)37-10-6-23(33)7-11-37/h3-5,9,13-18,20,23,25,41H,6-8,10-12,19H2,1-2H3/b14-13-. The zero-order valence-electron chi connectivity index (χ0n) is 23.2. The summed E-state index contributed by atoms with van der Waals surface area (Å²) >= 11 is 6.53. The second-order valence-corrected chi connectivity index (χ2v) is 11.2. The van der Waals surface area contributed by atoms with Crippen molar-refractivity contribution >= 4 is 29.5 Å². The fourth-order valence-electron chi connectivity index (χ4n) is 5.54. The molecule has 3 heterocycles. The fraction of sp³-hybridized carbons (Fsp3) is 0.355. The topological polar surface area (TPSA) is 63.2 Å². The number of rotatable bonds is 8. The highest BCUT2D eigenvalue weighted by Gasteiger charge is 2.31. The minimum atomic E-state index is -0.698. The summed E-state index contributed by atoms with van der Waals surface area (Å²) in [6.07, 6.45) is 7.05. The predicted octanol–water partition coefficient (Wildman–Crippen LogP) is 5.92. The smallest absolute Gasteiger partial charge is 0.218 e. The third kappa shape index (κ3) is 6.47. The van der Waals surface area contributed by atoms with Crippen molar-refractivity contribution in [3.05, 3.63) is 71.9 Å². The molecule has 10 heteroatoms. The Labute approximate surface area is 244 Å². The second-order valence-electron chi connectivity index (χ2n) is 10.8. The Morgan fingerprint density at radius 1 is 1.00 bits per heavy atom. The number of alkyl halides is 1. The van der Waals surface area contributed by atoms with Gasteiger partial charge in [-0.2, -0.15) is 0 Å². The maximum Gasteiger partial charge on any atom is 0.218 e. The monoisotopic (exact) mass is 581 g/mol. The maximum atomic E-state index is 14.9. The largest absolute Gasteiger partial charge is 0.507 e. The number of phenolic OH excluding ortho intramolecular Hbond substituents is 1. The van der Waals surface area contributed by atoms with Crippen molar-refractivity contribution in [1.29, 1.82) is 0 Å². The number of benzene rings is 2. The van der Waals surface area contributed by atoms with Gasteiger partial charge in [0.1, 0.15) is 23.6 Å². The first kappa shape index (κ1) is 28.8. The van der Waals surface area contributed by atoms with Gasteiger partial charge < -0.3 is 14.9 Å². The number of carbonyl (C=O) groups excluding carboxylic acids is 1. The van der Waals surface area contributed by atoms with Gasteiger partial charge >= 0.3 is 0 Å². The zero-order valence-corrected chi connectivity index (χ0v) is 23.9. The van der Waals surface area contributed by atoms with Gasteiger partial charge in [-0.3, -0.25) is 14.6 Å². The molecule has 1 aromatic heterocycles. The van der Waals surface area contributed by atoms with Crippen LogP contribution in [0.1, 0.15) is 19.3 Å². The molecule has 2 aliphatic heterocycles. The van der Waals surface area contributed by atoms with Crippen LogP contribution in [0.5, 0.6) is 5.75 Å². The molecule has 41 heavy (non-hydrogen) atoms. The molecule has 2 aromatic carbocycles. The molecule has 0 aliphatic carbocycles. The minimum absolute atomic E-state index is 0.0829. The lowest BCUT2D eigenvalue weighted by Crippen LogP contribution is -2.43. The Hall–Kier alpha value is -3.69. The van der Waals surface area contributed by atoms with Gasteiger partial charge in [0.15, 0.2) is 0 Å². The van der Waals surface area contributed by atoms with Crippen LogP contribution < -0.4 is 9.80 Å². The molecule has 5 rings (SSSR count). The third-order valence-corrected chi connectivity index (χ3v) is 8.07. The van der Waals surface area contributed by atoms with E-state index >= 15 is 0 Å². The van der Waals surface area contributed by atoms with Gasteiger partial charge in [0.05, 0.1) is 10.7 Å². The summed E-state index contributed by atoms with van der Waals surface area (Å²) in [5.74, 6) is 0.163. The number of hydrogen-bond donors (Lipinski definition) is 1. The van der Waals surface area contributed by atoms with E-state index in [4.69, 9.17) is 11.6 Å². The van der Waals surface area contributed by atoms with Crippen molar-refractivity contribution in [3.8, 4) is 28.0 Å². The molecule has 1 N–H and O–H groups in total. The average Bonchev–Trinajstić information content (AvgIpc) is 3.46. The average molecular weight is 582 g/mol. The molecule has 0 saturated carbocycles. The van der Waals surface area contributed by atoms with Crippen molar-refractivity contribution in [3.63, 3.8) is 0 Å². The van der Waals surface area contributed by atoms with Crippen LogP contribution in [0.4, 0.5) is 20.3 Å². The number of likely N-dealkylation sites (tertiary alicyclic amines) is 1. The summed E-state index contributed by atoms with van der Waals surface area (Å²) in [5, 5.41) is 11.6. The van der Waals surface area contributed by atoms with E-state index in [1.54, 1.807) is 47.8 Å². The van der Waals surface area contributed by atoms with E-state index in [9.17, 15) is 18.7 Å². The number of phenols is 1. The first-order valence-electron chi connectivity index (χ1n) is 13.7. The van der Waals surface area contributed by atoms with Crippen LogP contribution in [-0.2, 0) is 4.79 Å². The molecule has 0 bridgehead atoms. The van der Waals surface area contributed by atoms with Crippen molar-refractivity contribution in [1.82, 2.24) is 14.8 Å². The van der Waals surface area contributed by atoms with E-state index < -0.39 is 12.0 Å². The summed E-state index contributed by atoms with van der Waals surface area (Å²) < 4.78 is 28.5. The van der Waals surface area contributed by atoms with Crippen LogP contribution in [0, 0.1) is 5.82 Å². The van der Waals surface area contributed by atoms with Gasteiger partial charge in [-0.25, -0.2) is 13.8 Å². The van der Waals surface area contributed by atoms with Crippen LogP contribution in [0.25, 0.3) is 22.3 Å². The molecule has 3 aromatic rings. The number of nitrogens with zero attached hydrogens (tertiary/aromatic N) is 5. The van der Waals surface area contributed by atoms with E-state index in [1.807, 2.05) is 20.2 Å². The first-order valence-corrected chi connectivity index (χ1v) is 14.1. The Balaban J connectivity index is 1.40. The minimum Gasteiger partial charge on any atom is -0.507 e. The van der Waals surface area contributed by atoms with Gasteiger partial charge in [-0.1, -0.05) is 17.7 Å². The number of aromatic hydroxyl groups is 1. The number of hydrogen-bond acceptors (Lipinski definition) is 6. The highest BCUT2D eigenvalue weighted by Crippen LogP contribution is 2.41. The van der Waals surface area contributed by atoms with Crippen LogP contribution >= 0.6 is 11.6 Å². The molecule has 1 amide bonds. The molecule has 1 atom stereocenters. The van der Waals surface area contributed by atoms with Crippen LogP contribution in [0.15, 0.2) is 61.1 Å². The molecule has 1 unspecified atom stereocenters. The van der Waals surface area contributed by atoms with Gasteiger partial charge in [-0.15, -0.1) is 0 Å². The van der Waals surface area contributed by atoms with Crippen molar-refractivity contribution in [2.75, 3.05) is 50.1 Å². The summed E-state index contributed by atoms with van der Waals surface area (Å²) in [4.78, 5) is 23.9. The molecular formula is C31H34ClF2N5O2. The lowest BCUT2D eigenvalue weighted by molar-refractivity contribution is -0.106. The van der Waals surface area contributed by atoms with E-state index in [2.05, 4.69) is 14.8 Å². The summed E-state index contributed by atoms with van der Waals surface area (Å²) in [7, 11) is 3.67. The lowest BCUT2D eigenvalue weighted by Gasteiger charge is -2.33. The second kappa shape index (κ2) is 12.4. The maximum absolute atomic E-state index is 14.9. The van der Waals surface area contributed by atoms with E-state index in [0.29, 0.717) is 47.7 Å². The molecule has 2 fully saturated rings. The molecule has 7 nitrogen and oxygen atoms in total. The van der Waals surface area contributed by atoms with Crippen molar-refractivity contribution < 1.29 is 18.7 Å². The summed E-state index contributed by atoms with van der Waals surface area (Å²) in [6.45, 7) is 3.17. The SMILES string of the molecule is CN(C)/C=C\N(C=O)c1ccc(-c2cc(F)cc(-c3ccnc(N4CCC(N5CCC(F)CC5)C4)c3)c2O)cc1Cl. The zero-order chi connectivity index (χ0) is 29.1. The van der Waals surface area contributed by atoms with Gasteiger partial charge in [-0.05, 0) is 66.8 Å². The van der Waals surface area contributed by atoms with Crippen molar-refractivity contribution in [2.45, 2.75) is 31.5 Å². The highest BCUT2D eigenvalue weighted by atomic mass is 35.5. The molecule has 0 radical (unpaired) electrons. The molecule has 216 valence electrons. The number of piperidine rings is 1. The number of carbonyl (C=O) groups is 1. The highest BCUT2D eigenvalue weighted by molar-refractivity contribution is 6.34. The molecular weight excluding hydrogens is 548 g/mol. The van der Waals surface area contributed by atoms with Crippen molar-refractivity contribution in [2.24, 2.45) is 0 Å². The van der Waals surface area contributed by atoms with Crippen LogP contribution in [0.2, 0.25) is 5.02 Å². The van der Waals surface area contributed by atoms with Gasteiger partial charge in [0, 0.05) is 76.0 Å². The molecule has 2 aliphatic rings. The number of halogens is 3. The van der Waals surface area contributed by atoms with Crippen LogP contribution in [0.3, 0.4) is 0 Å². The number of amides is 1. The Morgan fingerprint density at radius 2 is 1.71 bits per heavy atom. The summed E-state index contributed by atoms with van der Waals surface area (Å²) in [5.41, 5.74) is 2.22. The molecule has 0 spiro atoms. The predicted molar refractivity (Wildman–Crippen MR) is 159 cm³/mol. The summed E-state index contributed by atoms with van der Waals surface area (Å²) in [6, 6.07) is 11.5. The number of aromatic nitrogens is 1. The fourth-order valence-corrected chi connectivity index (χ4v) is 5.82. The quantitative estimate of drug-likeness (QED) is 0.333. The number of pyridine rings is 1. The Kier molecular flexibility index (Phi) is 8.75. The Bertz CT molecular complexity index is 1430. The molecule has 2 saturated heterocycles. The van der Waals surface area contributed by atoms with E-state index in [-0.39, 0.29) is 16.3 Å². The normalized spacial score (nSPS) is 18.3. The van der Waals surface area contributed by atoms with Crippen LogP contribution in [-0.4, -0.2) is 78.8 Å². The van der Waals surface area contributed by atoms with E-state index in [0.717, 1.165) is 38.4 Å². The van der Waals surface area contributed by atoms with Gasteiger partial charge in [0.2, 0.25) is 6.41 Å². The van der Waals surface area contributed by atoms with Gasteiger partial charge in [0.25, 0.3) is 0 Å². The lowest BCUT2D eigenvalue weighted by atomic mass is 9.97. The van der Waals surface area contributed by atoms with E-state index in [1.165, 1.54) is 17.0 Å². The third-order valence-electron chi connectivity index (χ3n) is 7.77. The first-order chi connectivity index (χ1) is 19.7. The Morgan fingerprint density at radius 3 is 2.37 bits per heavy atom. The number of anilines is 2.